The summed E-state index contributed by atoms with van der Waals surface area (Å²) in [5, 5.41) is 47.0. The molecule has 5 aliphatic rings. The van der Waals surface area contributed by atoms with Gasteiger partial charge in [0.1, 0.15) is 0 Å². The number of epoxide rings is 1. The monoisotopic (exact) mass is 408 g/mol. The lowest BCUT2D eigenvalue weighted by molar-refractivity contribution is -0.312. The van der Waals surface area contributed by atoms with Crippen molar-refractivity contribution < 1.29 is 25.2 Å². The number of rotatable bonds is 1. The largest absolute Gasteiger partial charge is 0.390 e. The van der Waals surface area contributed by atoms with Crippen molar-refractivity contribution in [1.29, 1.82) is 0 Å². The number of ether oxygens (including phenoxy) is 1. The minimum atomic E-state index is -1.12. The van der Waals surface area contributed by atoms with Crippen LogP contribution in [0.2, 0.25) is 0 Å². The summed E-state index contributed by atoms with van der Waals surface area (Å²) in [6.45, 7) is 9.04. The Kier molecular flexibility index (Phi) is 3.98. The molecule has 29 heavy (non-hydrogen) atoms. The van der Waals surface area contributed by atoms with Crippen LogP contribution in [0.4, 0.5) is 0 Å². The Morgan fingerprint density at radius 2 is 1.28 bits per heavy atom. The van der Waals surface area contributed by atoms with Crippen molar-refractivity contribution in [3.05, 3.63) is 0 Å². The van der Waals surface area contributed by atoms with E-state index in [0.29, 0.717) is 57.3 Å². The van der Waals surface area contributed by atoms with Crippen LogP contribution in [0.5, 0.6) is 0 Å². The van der Waals surface area contributed by atoms with Crippen LogP contribution in [0.15, 0.2) is 0 Å². The minimum absolute atomic E-state index is 0.130. The molecule has 0 radical (unpaired) electrons. The molecule has 5 nitrogen and oxygen atoms in total. The van der Waals surface area contributed by atoms with Gasteiger partial charge in [-0.15, -0.1) is 0 Å². The van der Waals surface area contributed by atoms with Crippen molar-refractivity contribution in [3.8, 4) is 0 Å². The molecule has 9 atom stereocenters. The van der Waals surface area contributed by atoms with Gasteiger partial charge in [-0.3, -0.25) is 0 Å². The molecular formula is C24H40O5. The topological polar surface area (TPSA) is 93.5 Å². The second-order valence-corrected chi connectivity index (χ2v) is 12.4. The van der Waals surface area contributed by atoms with E-state index in [1.165, 1.54) is 0 Å². The van der Waals surface area contributed by atoms with Crippen LogP contribution in [0, 0.1) is 22.7 Å². The van der Waals surface area contributed by atoms with Crippen LogP contribution < -0.4 is 0 Å². The van der Waals surface area contributed by atoms with Crippen LogP contribution >= 0.6 is 0 Å². The smallest absolute Gasteiger partial charge is 0.0922 e. The van der Waals surface area contributed by atoms with Crippen molar-refractivity contribution in [2.24, 2.45) is 22.7 Å². The fourth-order valence-electron chi connectivity index (χ4n) is 8.72. The van der Waals surface area contributed by atoms with Gasteiger partial charge < -0.3 is 25.2 Å². The SMILES string of the molecule is CC1([C@H]2CC[C@@]3(O)[C@@H]4CC[C@@]5(O)CC[C@](C)(O)CC[C@]5(C)[C@@]4(O)CC[C@]23C)CO1. The van der Waals surface area contributed by atoms with Crippen molar-refractivity contribution in [2.45, 2.75) is 120 Å². The van der Waals surface area contributed by atoms with Gasteiger partial charge in [0.15, 0.2) is 0 Å². The maximum absolute atomic E-state index is 12.3. The molecule has 1 heterocycles. The maximum atomic E-state index is 12.3. The standard InChI is InChI=1S/C24H40O5/c1-18(25)9-12-21(4)22(26,13-10-18)7-5-17-23(27)8-6-16(20(3)15-29-20)19(23,2)11-14-24(17,21)28/h16-17,25-28H,5-15H2,1-4H3/t16-,17-,18+,19+,20?,21-,22+,23+,24+/m0/s1. The molecule has 0 bridgehead atoms. The number of fused-ring (bicyclic) bond motifs is 5. The quantitative estimate of drug-likeness (QED) is 0.501. The number of aliphatic hydroxyl groups is 4. The van der Waals surface area contributed by atoms with E-state index in [1.54, 1.807) is 0 Å². The molecule has 1 unspecified atom stereocenters. The fraction of sp³-hybridized carbons (Fsp3) is 1.00. The second kappa shape index (κ2) is 5.58. The van der Waals surface area contributed by atoms with Crippen LogP contribution in [0.3, 0.4) is 0 Å². The van der Waals surface area contributed by atoms with Gasteiger partial charge in [0.05, 0.1) is 34.6 Å². The van der Waals surface area contributed by atoms with E-state index in [2.05, 4.69) is 13.8 Å². The van der Waals surface area contributed by atoms with E-state index < -0.39 is 27.8 Å². The summed E-state index contributed by atoms with van der Waals surface area (Å²) in [6, 6.07) is 0. The summed E-state index contributed by atoms with van der Waals surface area (Å²) >= 11 is 0. The normalized spacial score (nSPS) is 64.6. The first-order valence-electron chi connectivity index (χ1n) is 11.8. The highest BCUT2D eigenvalue weighted by Gasteiger charge is 2.77. The van der Waals surface area contributed by atoms with Crippen molar-refractivity contribution in [1.82, 2.24) is 0 Å². The van der Waals surface area contributed by atoms with Gasteiger partial charge in [0.2, 0.25) is 0 Å². The molecule has 0 aromatic rings. The predicted octanol–water partition coefficient (Wildman–Crippen LogP) is 2.92. The Hall–Kier alpha value is -0.200. The Bertz CT molecular complexity index is 718. The third-order valence-corrected chi connectivity index (χ3v) is 11.2. The lowest BCUT2D eigenvalue weighted by Crippen LogP contribution is -2.74. The lowest BCUT2D eigenvalue weighted by Gasteiger charge is -2.68. The van der Waals surface area contributed by atoms with Crippen molar-refractivity contribution in [3.63, 3.8) is 0 Å². The Morgan fingerprint density at radius 1 is 0.655 bits per heavy atom. The number of hydrogen-bond acceptors (Lipinski definition) is 5. The van der Waals surface area contributed by atoms with E-state index in [1.807, 2.05) is 13.8 Å². The van der Waals surface area contributed by atoms with E-state index in [9.17, 15) is 20.4 Å². The molecule has 0 aromatic heterocycles. The molecule has 5 rings (SSSR count). The van der Waals surface area contributed by atoms with E-state index in [0.717, 1.165) is 19.4 Å². The highest BCUT2D eigenvalue weighted by atomic mass is 16.6. The van der Waals surface area contributed by atoms with Gasteiger partial charge in [-0.05, 0) is 84.0 Å². The van der Waals surface area contributed by atoms with Gasteiger partial charge in [0, 0.05) is 16.7 Å². The molecule has 0 spiro atoms. The Balaban J connectivity index is 1.56. The van der Waals surface area contributed by atoms with E-state index in [4.69, 9.17) is 4.74 Å². The summed E-state index contributed by atoms with van der Waals surface area (Å²) in [6.07, 6.45) is 6.44. The third-order valence-electron chi connectivity index (χ3n) is 11.2. The van der Waals surface area contributed by atoms with Crippen LogP contribution in [0.25, 0.3) is 0 Å². The highest BCUT2D eigenvalue weighted by Crippen LogP contribution is 2.73. The van der Waals surface area contributed by atoms with Crippen LogP contribution in [-0.4, -0.2) is 55.0 Å². The Labute approximate surface area is 174 Å². The molecule has 5 heteroatoms. The molecule has 1 aliphatic heterocycles. The second-order valence-electron chi connectivity index (χ2n) is 12.4. The average molecular weight is 409 g/mol. The van der Waals surface area contributed by atoms with Gasteiger partial charge in [-0.25, -0.2) is 0 Å². The van der Waals surface area contributed by atoms with Gasteiger partial charge in [-0.2, -0.15) is 0 Å². The van der Waals surface area contributed by atoms with Gasteiger partial charge in [0.25, 0.3) is 0 Å². The number of hydrogen-bond donors (Lipinski definition) is 4. The molecule has 166 valence electrons. The lowest BCUT2D eigenvalue weighted by atomic mass is 9.41. The molecule has 4 saturated carbocycles. The molecule has 4 N–H and O–H groups in total. The first-order valence-corrected chi connectivity index (χ1v) is 11.8. The van der Waals surface area contributed by atoms with Gasteiger partial charge >= 0.3 is 0 Å². The van der Waals surface area contributed by atoms with Crippen LogP contribution in [0.1, 0.15) is 91.9 Å². The zero-order valence-corrected chi connectivity index (χ0v) is 18.6. The summed E-state index contributed by atoms with van der Waals surface area (Å²) in [5.74, 6) is 0.0717. The molecule has 4 aliphatic carbocycles. The third kappa shape index (κ3) is 2.35. The summed E-state index contributed by atoms with van der Waals surface area (Å²) in [5.41, 5.74) is -4.97. The van der Waals surface area contributed by atoms with Crippen molar-refractivity contribution >= 4 is 0 Å². The minimum Gasteiger partial charge on any atom is -0.390 e. The van der Waals surface area contributed by atoms with E-state index >= 15 is 0 Å². The Morgan fingerprint density at radius 3 is 1.93 bits per heavy atom. The van der Waals surface area contributed by atoms with E-state index in [-0.39, 0.29) is 16.9 Å². The summed E-state index contributed by atoms with van der Waals surface area (Å²) in [4.78, 5) is 0. The summed E-state index contributed by atoms with van der Waals surface area (Å²) in [7, 11) is 0. The molecule has 0 amide bonds. The fourth-order valence-corrected chi connectivity index (χ4v) is 8.72. The highest BCUT2D eigenvalue weighted by molar-refractivity contribution is 5.27. The zero-order chi connectivity index (χ0) is 21.1. The summed E-state index contributed by atoms with van der Waals surface area (Å²) < 4.78 is 5.82. The first kappa shape index (κ1) is 20.7. The molecular weight excluding hydrogens is 368 g/mol. The van der Waals surface area contributed by atoms with Crippen LogP contribution in [-0.2, 0) is 4.74 Å². The zero-order valence-electron chi connectivity index (χ0n) is 18.6. The van der Waals surface area contributed by atoms with Gasteiger partial charge in [-0.1, -0.05) is 13.8 Å². The van der Waals surface area contributed by atoms with Crippen molar-refractivity contribution in [2.75, 3.05) is 6.61 Å². The first-order chi connectivity index (χ1) is 13.3. The average Bonchev–Trinajstić information content (AvgIpc) is 3.33. The molecule has 1 saturated heterocycles. The molecule has 5 fully saturated rings. The predicted molar refractivity (Wildman–Crippen MR) is 109 cm³/mol. The maximum Gasteiger partial charge on any atom is 0.0922 e. The molecule has 0 aromatic carbocycles.